The summed E-state index contributed by atoms with van der Waals surface area (Å²) in [5, 5.41) is 8.82. The van der Waals surface area contributed by atoms with E-state index in [1.54, 1.807) is 0 Å². The maximum atomic E-state index is 11.9. The van der Waals surface area contributed by atoms with Crippen LogP contribution in [0.3, 0.4) is 0 Å². The van der Waals surface area contributed by atoms with E-state index < -0.39 is 10.0 Å². The number of ether oxygens (including phenoxy) is 1. The van der Waals surface area contributed by atoms with Crippen molar-refractivity contribution in [2.24, 2.45) is 0 Å². The lowest BCUT2D eigenvalue weighted by molar-refractivity contribution is 0.153. The molecule has 0 aromatic heterocycles. The Morgan fingerprint density at radius 2 is 2.22 bits per heavy atom. The molecule has 0 atom stereocenters. The molecule has 5 nitrogen and oxygen atoms in total. The Morgan fingerprint density at radius 3 is 2.83 bits per heavy atom. The zero-order chi connectivity index (χ0) is 13.6. The minimum absolute atomic E-state index is 0.0814. The molecule has 0 amide bonds. The first-order valence-electron chi connectivity index (χ1n) is 5.28. The van der Waals surface area contributed by atoms with E-state index in [-0.39, 0.29) is 28.6 Å². The minimum Gasteiger partial charge on any atom is -0.380 e. The van der Waals surface area contributed by atoms with Gasteiger partial charge < -0.3 is 4.74 Å². The largest absolute Gasteiger partial charge is 0.380 e. The maximum absolute atomic E-state index is 11.9. The number of nitriles is 1. The summed E-state index contributed by atoms with van der Waals surface area (Å²) in [6.45, 7) is 2.78. The summed E-state index contributed by atoms with van der Waals surface area (Å²) in [5.41, 5.74) is 0.240. The molecule has 1 aromatic carbocycles. The first kappa shape index (κ1) is 14.9. The molecule has 0 bridgehead atoms. The van der Waals surface area contributed by atoms with E-state index in [1.807, 2.05) is 13.0 Å². The van der Waals surface area contributed by atoms with Crippen molar-refractivity contribution >= 4 is 21.6 Å². The average molecular weight is 289 g/mol. The molecular weight excluding hydrogens is 276 g/mol. The van der Waals surface area contributed by atoms with Crippen molar-refractivity contribution in [1.29, 1.82) is 5.26 Å². The SMILES string of the molecule is CCOCCNS(=O)(=O)c1cc(C#N)ccc1Cl. The topological polar surface area (TPSA) is 79.2 Å². The Labute approximate surface area is 111 Å². The highest BCUT2D eigenvalue weighted by Gasteiger charge is 2.17. The molecule has 1 aromatic rings. The average Bonchev–Trinajstić information content (AvgIpc) is 2.35. The first-order valence-corrected chi connectivity index (χ1v) is 7.14. The van der Waals surface area contributed by atoms with Gasteiger partial charge in [0.2, 0.25) is 10.0 Å². The van der Waals surface area contributed by atoms with Crippen molar-refractivity contribution in [2.75, 3.05) is 19.8 Å². The van der Waals surface area contributed by atoms with Crippen LogP contribution in [0.2, 0.25) is 5.02 Å². The van der Waals surface area contributed by atoms with E-state index in [4.69, 9.17) is 21.6 Å². The third kappa shape index (κ3) is 3.96. The molecule has 7 heteroatoms. The minimum atomic E-state index is -3.72. The summed E-state index contributed by atoms with van der Waals surface area (Å²) in [4.78, 5) is -0.0975. The predicted molar refractivity (Wildman–Crippen MR) is 67.8 cm³/mol. The number of halogens is 1. The van der Waals surface area contributed by atoms with Crippen LogP contribution in [0.25, 0.3) is 0 Å². The molecule has 0 spiro atoms. The van der Waals surface area contributed by atoms with Crippen LogP contribution in [0.1, 0.15) is 12.5 Å². The van der Waals surface area contributed by atoms with E-state index in [2.05, 4.69) is 4.72 Å². The molecule has 0 aliphatic heterocycles. The molecule has 18 heavy (non-hydrogen) atoms. The molecule has 1 rings (SSSR count). The fourth-order valence-electron chi connectivity index (χ4n) is 1.25. The van der Waals surface area contributed by atoms with Gasteiger partial charge in [-0.1, -0.05) is 11.6 Å². The quantitative estimate of drug-likeness (QED) is 0.805. The number of nitrogens with one attached hydrogen (secondary N) is 1. The number of hydrogen-bond donors (Lipinski definition) is 1. The van der Waals surface area contributed by atoms with E-state index >= 15 is 0 Å². The van der Waals surface area contributed by atoms with E-state index in [1.165, 1.54) is 18.2 Å². The predicted octanol–water partition coefficient (Wildman–Crippen LogP) is 1.53. The highest BCUT2D eigenvalue weighted by molar-refractivity contribution is 7.89. The number of rotatable bonds is 6. The molecule has 0 heterocycles. The van der Waals surface area contributed by atoms with E-state index in [0.29, 0.717) is 6.61 Å². The lowest BCUT2D eigenvalue weighted by atomic mass is 10.2. The van der Waals surface area contributed by atoms with Gasteiger partial charge in [-0.3, -0.25) is 0 Å². The second-order valence-electron chi connectivity index (χ2n) is 3.35. The summed E-state index contributed by atoms with van der Waals surface area (Å²) in [6, 6.07) is 5.95. The monoisotopic (exact) mass is 288 g/mol. The highest BCUT2D eigenvalue weighted by atomic mass is 35.5. The fourth-order valence-corrected chi connectivity index (χ4v) is 2.79. The van der Waals surface area contributed by atoms with Crippen LogP contribution in [0.15, 0.2) is 23.1 Å². The van der Waals surface area contributed by atoms with Crippen molar-refractivity contribution < 1.29 is 13.2 Å². The van der Waals surface area contributed by atoms with Gasteiger partial charge in [0.15, 0.2) is 0 Å². The van der Waals surface area contributed by atoms with Gasteiger partial charge in [0.25, 0.3) is 0 Å². The van der Waals surface area contributed by atoms with Crippen LogP contribution >= 0.6 is 11.6 Å². The highest BCUT2D eigenvalue weighted by Crippen LogP contribution is 2.22. The first-order chi connectivity index (χ1) is 8.51. The van der Waals surface area contributed by atoms with Crippen LogP contribution in [-0.2, 0) is 14.8 Å². The van der Waals surface area contributed by atoms with Gasteiger partial charge in [-0.05, 0) is 25.1 Å². The van der Waals surface area contributed by atoms with Gasteiger partial charge in [0.1, 0.15) is 4.90 Å². The molecule has 98 valence electrons. The van der Waals surface area contributed by atoms with Gasteiger partial charge in [0, 0.05) is 13.2 Å². The molecule has 0 aliphatic carbocycles. The lowest BCUT2D eigenvalue weighted by Gasteiger charge is -2.08. The summed E-state index contributed by atoms with van der Waals surface area (Å²) in [7, 11) is -3.72. The number of benzene rings is 1. The van der Waals surface area contributed by atoms with Crippen LogP contribution in [0.4, 0.5) is 0 Å². The number of nitrogens with zero attached hydrogens (tertiary/aromatic N) is 1. The Bertz CT molecular complexity index is 552. The molecule has 0 saturated carbocycles. The van der Waals surface area contributed by atoms with Gasteiger partial charge in [-0.2, -0.15) is 5.26 Å². The van der Waals surface area contributed by atoms with Gasteiger partial charge in [0.05, 0.1) is 23.3 Å². The molecule has 0 fully saturated rings. The maximum Gasteiger partial charge on any atom is 0.242 e. The molecule has 0 saturated heterocycles. The zero-order valence-electron chi connectivity index (χ0n) is 9.81. The van der Waals surface area contributed by atoms with Crippen molar-refractivity contribution in [3.8, 4) is 6.07 Å². The van der Waals surface area contributed by atoms with Crippen LogP contribution in [-0.4, -0.2) is 28.2 Å². The van der Waals surface area contributed by atoms with Crippen molar-refractivity contribution in [1.82, 2.24) is 4.72 Å². The fraction of sp³-hybridized carbons (Fsp3) is 0.364. The molecule has 0 aliphatic rings. The molecule has 0 unspecified atom stereocenters. The second kappa shape index (κ2) is 6.71. The normalized spacial score (nSPS) is 11.2. The molecule has 1 N–H and O–H groups in total. The number of sulfonamides is 1. The summed E-state index contributed by atoms with van der Waals surface area (Å²) in [6.07, 6.45) is 0. The van der Waals surface area contributed by atoms with Crippen LogP contribution < -0.4 is 4.72 Å². The summed E-state index contributed by atoms with van der Waals surface area (Å²) in [5.74, 6) is 0. The third-order valence-corrected chi connectivity index (χ3v) is 4.04. The zero-order valence-corrected chi connectivity index (χ0v) is 11.4. The van der Waals surface area contributed by atoms with Gasteiger partial charge in [-0.15, -0.1) is 0 Å². The Morgan fingerprint density at radius 1 is 1.50 bits per heavy atom. The van der Waals surface area contributed by atoms with Crippen LogP contribution in [0, 0.1) is 11.3 Å². The van der Waals surface area contributed by atoms with Crippen molar-refractivity contribution in [3.05, 3.63) is 28.8 Å². The molecular formula is C11H13ClN2O3S. The Kier molecular flexibility index (Phi) is 5.56. The Hall–Kier alpha value is -1.13. The van der Waals surface area contributed by atoms with Gasteiger partial charge >= 0.3 is 0 Å². The standard InChI is InChI=1S/C11H13ClN2O3S/c1-2-17-6-5-14-18(15,16)11-7-9(8-13)3-4-10(11)12/h3-4,7,14H,2,5-6H2,1H3. The van der Waals surface area contributed by atoms with E-state index in [0.717, 1.165) is 0 Å². The van der Waals surface area contributed by atoms with Crippen molar-refractivity contribution in [2.45, 2.75) is 11.8 Å². The summed E-state index contributed by atoms with van der Waals surface area (Å²) < 4.78 is 31.2. The van der Waals surface area contributed by atoms with Crippen molar-refractivity contribution in [3.63, 3.8) is 0 Å². The third-order valence-electron chi connectivity index (χ3n) is 2.09. The second-order valence-corrected chi connectivity index (χ2v) is 5.49. The molecule has 0 radical (unpaired) electrons. The summed E-state index contributed by atoms with van der Waals surface area (Å²) >= 11 is 5.82. The van der Waals surface area contributed by atoms with Gasteiger partial charge in [-0.25, -0.2) is 13.1 Å². The Balaban J connectivity index is 2.88. The smallest absolute Gasteiger partial charge is 0.242 e. The number of hydrogen-bond acceptors (Lipinski definition) is 4. The van der Waals surface area contributed by atoms with Crippen LogP contribution in [0.5, 0.6) is 0 Å². The van der Waals surface area contributed by atoms with E-state index in [9.17, 15) is 8.42 Å². The lowest BCUT2D eigenvalue weighted by Crippen LogP contribution is -2.27.